The molecule has 4 nitrogen and oxygen atoms in total. The first kappa shape index (κ1) is 13.7. The summed E-state index contributed by atoms with van der Waals surface area (Å²) in [6, 6.07) is 1.61. The van der Waals surface area contributed by atoms with Crippen LogP contribution in [0.4, 0.5) is 19.0 Å². The van der Waals surface area contributed by atoms with Gasteiger partial charge in [-0.05, 0) is 6.42 Å². The van der Waals surface area contributed by atoms with Gasteiger partial charge in [0.2, 0.25) is 0 Å². The Labute approximate surface area is 111 Å². The highest BCUT2D eigenvalue weighted by Gasteiger charge is 2.34. The molecule has 0 saturated carbocycles. The van der Waals surface area contributed by atoms with Gasteiger partial charge in [0, 0.05) is 18.8 Å². The number of halogens is 3. The number of aromatic nitrogens is 3. The zero-order valence-corrected chi connectivity index (χ0v) is 10.8. The van der Waals surface area contributed by atoms with E-state index < -0.39 is 11.2 Å². The number of alkyl halides is 3. The molecule has 0 amide bonds. The molecule has 102 valence electrons. The first-order valence-electron chi connectivity index (χ1n) is 5.60. The van der Waals surface area contributed by atoms with E-state index in [0.29, 0.717) is 27.7 Å². The number of hydrogen-bond acceptors (Lipinski definition) is 5. The van der Waals surface area contributed by atoms with Gasteiger partial charge in [-0.15, -0.1) is 11.3 Å². The number of hydrogen-bond donors (Lipinski definition) is 1. The van der Waals surface area contributed by atoms with Gasteiger partial charge in [0.05, 0.1) is 10.6 Å². The molecule has 1 N–H and O–H groups in total. The second-order valence-corrected chi connectivity index (χ2v) is 4.77. The summed E-state index contributed by atoms with van der Waals surface area (Å²) in [6.07, 6.45) is -0.989. The van der Waals surface area contributed by atoms with Crippen molar-refractivity contribution in [2.45, 2.75) is 19.5 Å². The van der Waals surface area contributed by atoms with Crippen molar-refractivity contribution in [1.29, 1.82) is 0 Å². The van der Waals surface area contributed by atoms with Crippen LogP contribution >= 0.6 is 11.3 Å². The van der Waals surface area contributed by atoms with E-state index >= 15 is 0 Å². The minimum atomic E-state index is -4.42. The van der Waals surface area contributed by atoms with Crippen molar-refractivity contribution < 1.29 is 13.2 Å². The van der Waals surface area contributed by atoms with E-state index in [0.717, 1.165) is 13.0 Å². The molecular formula is C11H11F3N4S. The van der Waals surface area contributed by atoms with Crippen LogP contribution in [0.2, 0.25) is 0 Å². The van der Waals surface area contributed by atoms with Gasteiger partial charge in [-0.3, -0.25) is 0 Å². The third-order valence-corrected chi connectivity index (χ3v) is 3.29. The quantitative estimate of drug-likeness (QED) is 0.936. The minimum absolute atomic E-state index is 0.370. The van der Waals surface area contributed by atoms with Crippen LogP contribution in [-0.2, 0) is 6.18 Å². The Morgan fingerprint density at radius 2 is 2.05 bits per heavy atom. The maximum absolute atomic E-state index is 12.5. The van der Waals surface area contributed by atoms with E-state index in [2.05, 4.69) is 20.3 Å². The summed E-state index contributed by atoms with van der Waals surface area (Å²) in [5, 5.41) is 2.18. The van der Waals surface area contributed by atoms with Crippen LogP contribution in [0.1, 0.15) is 18.4 Å². The summed E-state index contributed by atoms with van der Waals surface area (Å²) in [4.78, 5) is 11.7. The van der Waals surface area contributed by atoms with E-state index in [4.69, 9.17) is 0 Å². The number of thiazole rings is 1. The fraction of sp³-hybridized carbons (Fsp3) is 0.364. The predicted molar refractivity (Wildman–Crippen MR) is 66.9 cm³/mol. The van der Waals surface area contributed by atoms with Crippen LogP contribution in [0.25, 0.3) is 10.6 Å². The van der Waals surface area contributed by atoms with Crippen LogP contribution in [0, 0.1) is 0 Å². The number of nitrogens with zero attached hydrogens (tertiary/aromatic N) is 3. The molecule has 0 aliphatic rings. The van der Waals surface area contributed by atoms with E-state index in [1.165, 1.54) is 12.5 Å². The molecule has 8 heteroatoms. The second-order valence-electron chi connectivity index (χ2n) is 3.74. The van der Waals surface area contributed by atoms with Gasteiger partial charge >= 0.3 is 6.18 Å². The molecule has 0 spiro atoms. The molecule has 2 aromatic heterocycles. The van der Waals surface area contributed by atoms with Gasteiger partial charge in [-0.25, -0.2) is 15.0 Å². The van der Waals surface area contributed by atoms with E-state index in [9.17, 15) is 13.2 Å². The van der Waals surface area contributed by atoms with Crippen molar-refractivity contribution in [2.24, 2.45) is 0 Å². The van der Waals surface area contributed by atoms with Gasteiger partial charge in [-0.2, -0.15) is 13.2 Å². The summed E-state index contributed by atoms with van der Waals surface area (Å²) in [7, 11) is 0. The van der Waals surface area contributed by atoms with Crippen LogP contribution < -0.4 is 5.32 Å². The van der Waals surface area contributed by atoms with E-state index in [1.54, 1.807) is 6.07 Å². The average molecular weight is 288 g/mol. The molecule has 0 saturated heterocycles. The SMILES string of the molecule is CCCNc1cc(-c2cnc(C(F)(F)F)s2)ncn1. The van der Waals surface area contributed by atoms with Crippen LogP contribution in [0.15, 0.2) is 18.6 Å². The molecule has 2 rings (SSSR count). The lowest BCUT2D eigenvalue weighted by molar-refractivity contribution is -0.137. The van der Waals surface area contributed by atoms with Crippen molar-refractivity contribution >= 4 is 17.2 Å². The predicted octanol–water partition coefficient (Wildman–Crippen LogP) is 3.44. The lowest BCUT2D eigenvalue weighted by Gasteiger charge is -2.04. The van der Waals surface area contributed by atoms with Gasteiger partial charge in [0.15, 0.2) is 5.01 Å². The van der Waals surface area contributed by atoms with Crippen molar-refractivity contribution in [3.63, 3.8) is 0 Å². The highest BCUT2D eigenvalue weighted by molar-refractivity contribution is 7.15. The lowest BCUT2D eigenvalue weighted by Crippen LogP contribution is -2.03. The maximum Gasteiger partial charge on any atom is 0.443 e. The Balaban J connectivity index is 2.24. The van der Waals surface area contributed by atoms with Crippen molar-refractivity contribution in [3.05, 3.63) is 23.6 Å². The number of rotatable bonds is 4. The Bertz CT molecular complexity index is 553. The summed E-state index contributed by atoms with van der Waals surface area (Å²) in [5.74, 6) is 0.591. The normalized spacial score (nSPS) is 11.6. The first-order chi connectivity index (χ1) is 9.00. The Hall–Kier alpha value is -1.70. The van der Waals surface area contributed by atoms with E-state index in [1.807, 2.05) is 6.92 Å². The third kappa shape index (κ3) is 3.40. The molecular weight excluding hydrogens is 277 g/mol. The zero-order chi connectivity index (χ0) is 13.9. The van der Waals surface area contributed by atoms with Gasteiger partial charge in [0.25, 0.3) is 0 Å². The number of anilines is 1. The molecule has 0 aliphatic heterocycles. The average Bonchev–Trinajstić information content (AvgIpc) is 2.86. The fourth-order valence-electron chi connectivity index (χ4n) is 1.37. The van der Waals surface area contributed by atoms with Crippen LogP contribution in [0.5, 0.6) is 0 Å². The topological polar surface area (TPSA) is 50.7 Å². The molecule has 2 aromatic rings. The molecule has 0 aromatic carbocycles. The molecule has 19 heavy (non-hydrogen) atoms. The van der Waals surface area contributed by atoms with Crippen LogP contribution in [0.3, 0.4) is 0 Å². The molecule has 0 atom stereocenters. The molecule has 0 unspecified atom stereocenters. The fourth-order valence-corrected chi connectivity index (χ4v) is 2.12. The highest BCUT2D eigenvalue weighted by Crippen LogP contribution is 2.35. The largest absolute Gasteiger partial charge is 0.443 e. The standard InChI is InChI=1S/C11H11F3N4S/c1-2-3-15-9-4-7(17-6-18-9)8-5-16-10(19-8)11(12,13)14/h4-6H,2-3H2,1H3,(H,15,17,18). The van der Waals surface area contributed by atoms with Gasteiger partial charge in [-0.1, -0.05) is 6.92 Å². The molecule has 2 heterocycles. The third-order valence-electron chi connectivity index (χ3n) is 2.22. The summed E-state index contributed by atoms with van der Waals surface area (Å²) < 4.78 is 37.4. The Morgan fingerprint density at radius 3 is 2.68 bits per heavy atom. The molecule has 0 bridgehead atoms. The summed E-state index contributed by atoms with van der Waals surface area (Å²) in [6.45, 7) is 2.75. The van der Waals surface area contributed by atoms with Crippen molar-refractivity contribution in [1.82, 2.24) is 15.0 Å². The summed E-state index contributed by atoms with van der Waals surface area (Å²) in [5.41, 5.74) is 0.432. The minimum Gasteiger partial charge on any atom is -0.370 e. The van der Waals surface area contributed by atoms with Crippen LogP contribution in [-0.4, -0.2) is 21.5 Å². The first-order valence-corrected chi connectivity index (χ1v) is 6.41. The number of nitrogens with one attached hydrogen (secondary N) is 1. The van der Waals surface area contributed by atoms with Crippen molar-refractivity contribution in [3.8, 4) is 10.6 Å². The van der Waals surface area contributed by atoms with Gasteiger partial charge < -0.3 is 5.32 Å². The molecule has 0 fully saturated rings. The summed E-state index contributed by atoms with van der Waals surface area (Å²) >= 11 is 0.571. The Kier molecular flexibility index (Phi) is 3.98. The van der Waals surface area contributed by atoms with Crippen molar-refractivity contribution in [2.75, 3.05) is 11.9 Å². The zero-order valence-electron chi connectivity index (χ0n) is 10.0. The maximum atomic E-state index is 12.5. The monoisotopic (exact) mass is 288 g/mol. The van der Waals surface area contributed by atoms with Gasteiger partial charge in [0.1, 0.15) is 12.1 Å². The van der Waals surface area contributed by atoms with E-state index in [-0.39, 0.29) is 0 Å². The smallest absolute Gasteiger partial charge is 0.370 e. The lowest BCUT2D eigenvalue weighted by atomic mass is 10.3. The molecule has 0 radical (unpaired) electrons. The Morgan fingerprint density at radius 1 is 1.26 bits per heavy atom. The highest BCUT2D eigenvalue weighted by atomic mass is 32.1. The molecule has 0 aliphatic carbocycles. The second kappa shape index (κ2) is 5.52.